The van der Waals surface area contributed by atoms with Crippen LogP contribution in [0.15, 0.2) is 48.8 Å². The Morgan fingerprint density at radius 3 is 2.70 bits per heavy atom. The van der Waals surface area contributed by atoms with Crippen molar-refractivity contribution in [3.05, 3.63) is 65.7 Å². The van der Waals surface area contributed by atoms with E-state index in [1.807, 2.05) is 13.0 Å². The van der Waals surface area contributed by atoms with E-state index in [1.54, 1.807) is 23.8 Å². The third kappa shape index (κ3) is 6.35. The lowest BCUT2D eigenvalue weighted by Crippen LogP contribution is -2.27. The van der Waals surface area contributed by atoms with Gasteiger partial charge in [0.2, 0.25) is 0 Å². The van der Waals surface area contributed by atoms with Crippen LogP contribution in [-0.4, -0.2) is 63.6 Å². The molecule has 1 aromatic carbocycles. The van der Waals surface area contributed by atoms with Gasteiger partial charge in [-0.3, -0.25) is 15.0 Å². The second-order valence-electron chi connectivity index (χ2n) is 8.72. The first-order valence-corrected chi connectivity index (χ1v) is 12.2. The van der Waals surface area contributed by atoms with Crippen molar-refractivity contribution in [1.82, 2.24) is 24.5 Å². The van der Waals surface area contributed by atoms with E-state index < -0.39 is 17.9 Å². The number of carbonyl (C=O) groups excluding carboxylic acids is 2. The zero-order valence-corrected chi connectivity index (χ0v) is 21.7. The van der Waals surface area contributed by atoms with Gasteiger partial charge in [-0.25, -0.2) is 19.3 Å². The van der Waals surface area contributed by atoms with Gasteiger partial charge < -0.3 is 15.8 Å². The first-order valence-electron chi connectivity index (χ1n) is 12.2. The number of fused-ring (bicyclic) bond motifs is 1. The van der Waals surface area contributed by atoms with Crippen LogP contribution in [0.2, 0.25) is 0 Å². The van der Waals surface area contributed by atoms with E-state index in [9.17, 15) is 22.8 Å². The summed E-state index contributed by atoms with van der Waals surface area (Å²) in [5.41, 5.74) is 8.06. The molecule has 3 heterocycles. The van der Waals surface area contributed by atoms with Gasteiger partial charge in [0, 0.05) is 31.3 Å². The average molecular weight is 557 g/mol. The minimum Gasteiger partial charge on any atom is -0.383 e. The largest absolute Gasteiger partial charge is 0.433 e. The Hall–Kier alpha value is -4.56. The van der Waals surface area contributed by atoms with Crippen molar-refractivity contribution in [3.63, 3.8) is 0 Å². The van der Waals surface area contributed by atoms with Crippen molar-refractivity contribution in [2.24, 2.45) is 0 Å². The molecule has 3 aromatic heterocycles. The summed E-state index contributed by atoms with van der Waals surface area (Å²) < 4.78 is 45.7. The fourth-order valence-corrected chi connectivity index (χ4v) is 4.14. The molecule has 14 heteroatoms. The monoisotopic (exact) mass is 556 g/mol. The fraction of sp³-hybridized carbons (Fsp3) is 0.269. The van der Waals surface area contributed by atoms with Gasteiger partial charge in [-0.15, -0.1) is 0 Å². The van der Waals surface area contributed by atoms with Gasteiger partial charge >= 0.3 is 12.2 Å². The van der Waals surface area contributed by atoms with E-state index in [2.05, 4.69) is 30.6 Å². The number of aldehydes is 1. The fourth-order valence-electron chi connectivity index (χ4n) is 4.14. The van der Waals surface area contributed by atoms with E-state index >= 15 is 0 Å². The Morgan fingerprint density at radius 1 is 1.20 bits per heavy atom. The first kappa shape index (κ1) is 28.4. The molecule has 0 fully saturated rings. The third-order valence-corrected chi connectivity index (χ3v) is 6.12. The molecule has 4 aromatic rings. The van der Waals surface area contributed by atoms with Gasteiger partial charge in [-0.1, -0.05) is 19.1 Å². The summed E-state index contributed by atoms with van der Waals surface area (Å²) in [6, 6.07) is 8.94. The molecule has 11 nitrogen and oxygen atoms in total. The van der Waals surface area contributed by atoms with E-state index in [0.29, 0.717) is 42.6 Å². The number of hydrogen-bond donors (Lipinski definition) is 3. The lowest BCUT2D eigenvalue weighted by atomic mass is 10.0. The molecular formula is C26H27F3N8O3. The summed E-state index contributed by atoms with van der Waals surface area (Å²) in [5.74, 6) is -0.0504. The summed E-state index contributed by atoms with van der Waals surface area (Å²) in [4.78, 5) is 34.1. The smallest absolute Gasteiger partial charge is 0.383 e. The molecule has 0 radical (unpaired) electrons. The number of rotatable bonds is 10. The van der Waals surface area contributed by atoms with Gasteiger partial charge in [-0.05, 0) is 42.4 Å². The number of urea groups is 1. The van der Waals surface area contributed by atoms with Crippen molar-refractivity contribution in [2.75, 3.05) is 43.2 Å². The number of likely N-dealkylation sites (N-methyl/N-ethyl adjacent to an activating group) is 1. The Morgan fingerprint density at radius 2 is 2.00 bits per heavy atom. The molecule has 4 N–H and O–H groups in total. The van der Waals surface area contributed by atoms with Crippen molar-refractivity contribution in [1.29, 1.82) is 0 Å². The van der Waals surface area contributed by atoms with E-state index in [-0.39, 0.29) is 22.9 Å². The van der Waals surface area contributed by atoms with Gasteiger partial charge in [0.1, 0.15) is 23.4 Å². The summed E-state index contributed by atoms with van der Waals surface area (Å²) >= 11 is 0. The Kier molecular flexibility index (Phi) is 8.60. The molecule has 0 unspecified atom stereocenters. The zero-order valence-electron chi connectivity index (χ0n) is 21.7. The normalized spacial score (nSPS) is 11.7. The van der Waals surface area contributed by atoms with E-state index in [0.717, 1.165) is 24.4 Å². The predicted molar refractivity (Wildman–Crippen MR) is 143 cm³/mol. The van der Waals surface area contributed by atoms with Crippen molar-refractivity contribution in [3.8, 4) is 11.1 Å². The summed E-state index contributed by atoms with van der Waals surface area (Å²) in [6.45, 7) is 4.65. The number of halogens is 3. The molecule has 0 atom stereocenters. The zero-order chi connectivity index (χ0) is 28.9. The van der Waals surface area contributed by atoms with Gasteiger partial charge in [0.05, 0.1) is 18.0 Å². The van der Waals surface area contributed by atoms with Crippen LogP contribution in [0.4, 0.5) is 35.3 Å². The number of pyridine rings is 1. The van der Waals surface area contributed by atoms with Crippen LogP contribution in [0.3, 0.4) is 0 Å². The Balaban J connectivity index is 1.61. The molecule has 2 amide bonds. The number of benzene rings is 1. The molecule has 0 bridgehead atoms. The SMILES string of the molecule is CCN(CCOC)Cc1cc(-c2ccc(NC(=O)Nc3cccc(C(F)(F)F)n3)c(C=O)c2)c2c(N)ncnn12. The minimum absolute atomic E-state index is 0.135. The van der Waals surface area contributed by atoms with Crippen LogP contribution in [0.25, 0.3) is 16.6 Å². The first-order chi connectivity index (χ1) is 19.1. The number of alkyl halides is 3. The molecule has 0 aliphatic carbocycles. The maximum Gasteiger partial charge on any atom is 0.433 e. The molecular weight excluding hydrogens is 529 g/mol. The maximum atomic E-state index is 12.9. The number of nitrogens with two attached hydrogens (primary N) is 1. The van der Waals surface area contributed by atoms with Crippen molar-refractivity contribution < 1.29 is 27.5 Å². The van der Waals surface area contributed by atoms with Crippen LogP contribution in [0.5, 0.6) is 0 Å². The Bertz CT molecular complexity index is 1520. The van der Waals surface area contributed by atoms with Crippen molar-refractivity contribution in [2.45, 2.75) is 19.6 Å². The van der Waals surface area contributed by atoms with Crippen LogP contribution < -0.4 is 16.4 Å². The number of methoxy groups -OCH3 is 1. The van der Waals surface area contributed by atoms with Crippen LogP contribution >= 0.6 is 0 Å². The van der Waals surface area contributed by atoms with Gasteiger partial charge in [-0.2, -0.15) is 18.3 Å². The Labute approximate surface area is 227 Å². The summed E-state index contributed by atoms with van der Waals surface area (Å²) in [6.07, 6.45) is -2.74. The number of nitrogen functional groups attached to an aromatic ring is 1. The number of anilines is 3. The van der Waals surface area contributed by atoms with E-state index in [4.69, 9.17) is 10.5 Å². The highest BCUT2D eigenvalue weighted by atomic mass is 19.4. The number of nitrogens with one attached hydrogen (secondary N) is 2. The van der Waals surface area contributed by atoms with Gasteiger partial charge in [0.15, 0.2) is 12.1 Å². The highest BCUT2D eigenvalue weighted by Gasteiger charge is 2.32. The van der Waals surface area contributed by atoms with Crippen LogP contribution in [0, 0.1) is 0 Å². The highest BCUT2D eigenvalue weighted by Crippen LogP contribution is 2.33. The highest BCUT2D eigenvalue weighted by molar-refractivity contribution is 6.03. The molecule has 0 spiro atoms. The number of amides is 2. The number of ether oxygens (including phenoxy) is 1. The minimum atomic E-state index is -4.66. The second-order valence-corrected chi connectivity index (χ2v) is 8.72. The average Bonchev–Trinajstić information content (AvgIpc) is 3.30. The number of carbonyl (C=O) groups is 2. The van der Waals surface area contributed by atoms with Gasteiger partial charge in [0.25, 0.3) is 0 Å². The quantitative estimate of drug-likeness (QED) is 0.246. The molecule has 0 aliphatic heterocycles. The summed E-state index contributed by atoms with van der Waals surface area (Å²) in [5, 5.41) is 9.10. The third-order valence-electron chi connectivity index (χ3n) is 6.12. The van der Waals surface area contributed by atoms with Crippen molar-refractivity contribution >= 4 is 35.2 Å². The lowest BCUT2D eigenvalue weighted by Gasteiger charge is -2.19. The number of hydrogen-bond acceptors (Lipinski definition) is 8. The number of aromatic nitrogens is 4. The topological polar surface area (TPSA) is 140 Å². The lowest BCUT2D eigenvalue weighted by molar-refractivity contribution is -0.141. The molecule has 0 aliphatic rings. The summed E-state index contributed by atoms with van der Waals surface area (Å²) in [7, 11) is 1.64. The number of nitrogens with zero attached hydrogens (tertiary/aromatic N) is 5. The molecule has 0 saturated carbocycles. The van der Waals surface area contributed by atoms with E-state index in [1.165, 1.54) is 18.5 Å². The molecule has 0 saturated heterocycles. The standard InChI is InChI=1S/C26H27F3N8O3/c1-3-36(9-10-40-2)13-18-12-19(23-24(30)31-15-32-37(18)23)16-7-8-20(17(11-16)14-38)33-25(39)35-22-6-4-5-21(34-22)26(27,28)29/h4-8,11-12,14-15H,3,9-10,13H2,1-2H3,(H2,30,31,32)(H2,33,34,35,39). The van der Waals surface area contributed by atoms with Crippen LogP contribution in [-0.2, 0) is 17.5 Å². The molecule has 4 rings (SSSR count). The van der Waals surface area contributed by atoms with Crippen LogP contribution in [0.1, 0.15) is 28.7 Å². The molecule has 40 heavy (non-hydrogen) atoms. The maximum absolute atomic E-state index is 12.9. The predicted octanol–water partition coefficient (Wildman–Crippen LogP) is 4.32. The molecule has 210 valence electrons. The second kappa shape index (κ2) is 12.1.